The zero-order chi connectivity index (χ0) is 24.8. The highest BCUT2D eigenvalue weighted by Gasteiger charge is 2.24. The van der Waals surface area contributed by atoms with Gasteiger partial charge in [0.15, 0.2) is 0 Å². The van der Waals surface area contributed by atoms with E-state index in [2.05, 4.69) is 40.5 Å². The van der Waals surface area contributed by atoms with E-state index in [0.29, 0.717) is 22.1 Å². The van der Waals surface area contributed by atoms with E-state index < -0.39 is 9.85 Å². The predicted octanol–water partition coefficient (Wildman–Crippen LogP) is 5.22. The van der Waals surface area contributed by atoms with Gasteiger partial charge in [0, 0.05) is 22.1 Å². The first-order chi connectivity index (χ1) is 17.5. The van der Waals surface area contributed by atoms with Gasteiger partial charge < -0.3 is 10.6 Å². The highest BCUT2D eigenvalue weighted by molar-refractivity contribution is 6.05. The maximum absolute atomic E-state index is 11.8. The molecule has 0 saturated carbocycles. The SMILES string of the molecule is O=[N+]([O-])c1c(Nc2cccc3c(Nc4ccc5nonc5c4[N+](=O)[O-])cccc23)ccc2nonc12. The summed E-state index contributed by atoms with van der Waals surface area (Å²) in [7, 11) is 0. The van der Waals surface area contributed by atoms with Gasteiger partial charge in [0.25, 0.3) is 0 Å². The fraction of sp³-hybridized carbons (Fsp3) is 0. The summed E-state index contributed by atoms with van der Waals surface area (Å²) < 4.78 is 9.30. The molecule has 0 radical (unpaired) electrons. The fourth-order valence-electron chi connectivity index (χ4n) is 4.07. The first-order valence-electron chi connectivity index (χ1n) is 10.4. The quantitative estimate of drug-likeness (QED) is 0.232. The molecular formula is C22H12N8O6. The molecule has 0 saturated heterocycles. The van der Waals surface area contributed by atoms with Crippen molar-refractivity contribution in [1.82, 2.24) is 20.6 Å². The summed E-state index contributed by atoms with van der Waals surface area (Å²) in [5, 5.41) is 45.8. The van der Waals surface area contributed by atoms with E-state index in [1.165, 1.54) is 12.1 Å². The molecule has 0 bridgehead atoms. The Morgan fingerprint density at radius 3 is 1.44 bits per heavy atom. The van der Waals surface area contributed by atoms with Crippen LogP contribution in [0, 0.1) is 20.2 Å². The Morgan fingerprint density at radius 2 is 1.03 bits per heavy atom. The third-order valence-electron chi connectivity index (χ3n) is 5.63. The normalized spacial score (nSPS) is 11.2. The maximum atomic E-state index is 11.8. The summed E-state index contributed by atoms with van der Waals surface area (Å²) in [6.07, 6.45) is 0. The number of anilines is 4. The van der Waals surface area contributed by atoms with E-state index in [1.807, 2.05) is 12.1 Å². The number of nitro groups is 2. The molecule has 14 nitrogen and oxygen atoms in total. The molecule has 14 heteroatoms. The van der Waals surface area contributed by atoms with Gasteiger partial charge >= 0.3 is 11.4 Å². The molecule has 0 atom stereocenters. The summed E-state index contributed by atoms with van der Waals surface area (Å²) >= 11 is 0. The molecule has 2 aromatic heterocycles. The van der Waals surface area contributed by atoms with Crippen LogP contribution in [0.15, 0.2) is 69.9 Å². The molecule has 176 valence electrons. The van der Waals surface area contributed by atoms with E-state index in [9.17, 15) is 20.2 Å². The number of nitrogens with one attached hydrogen (secondary N) is 2. The van der Waals surface area contributed by atoms with Crippen LogP contribution in [0.2, 0.25) is 0 Å². The van der Waals surface area contributed by atoms with Crippen molar-refractivity contribution in [2.24, 2.45) is 0 Å². The monoisotopic (exact) mass is 484 g/mol. The average Bonchev–Trinajstić information content (AvgIpc) is 3.53. The molecule has 6 aromatic rings. The van der Waals surface area contributed by atoms with Crippen molar-refractivity contribution < 1.29 is 19.1 Å². The summed E-state index contributed by atoms with van der Waals surface area (Å²) in [4.78, 5) is 22.5. The number of benzene rings is 4. The Morgan fingerprint density at radius 1 is 0.583 bits per heavy atom. The lowest BCUT2D eigenvalue weighted by Gasteiger charge is -2.14. The van der Waals surface area contributed by atoms with Gasteiger partial charge in [-0.05, 0) is 57.0 Å². The Labute approximate surface area is 198 Å². The Kier molecular flexibility index (Phi) is 4.64. The number of fused-ring (bicyclic) bond motifs is 3. The van der Waals surface area contributed by atoms with Gasteiger partial charge in [-0.25, -0.2) is 9.26 Å². The maximum Gasteiger partial charge on any atom is 0.323 e. The molecule has 4 aromatic carbocycles. The number of nitro benzene ring substituents is 2. The minimum atomic E-state index is -0.555. The number of aromatic nitrogens is 4. The highest BCUT2D eigenvalue weighted by Crippen LogP contribution is 2.39. The van der Waals surface area contributed by atoms with E-state index in [4.69, 9.17) is 0 Å². The Bertz CT molecular complexity index is 1700. The summed E-state index contributed by atoms with van der Waals surface area (Å²) in [6.45, 7) is 0. The van der Waals surface area contributed by atoms with Crippen LogP contribution < -0.4 is 10.6 Å². The molecule has 36 heavy (non-hydrogen) atoms. The summed E-state index contributed by atoms with van der Waals surface area (Å²) in [5.74, 6) is 0. The van der Waals surface area contributed by atoms with Crippen molar-refractivity contribution in [3.05, 3.63) is 80.9 Å². The molecule has 6 rings (SSSR count). The first-order valence-corrected chi connectivity index (χ1v) is 10.4. The second kappa shape index (κ2) is 7.98. The molecule has 0 aliphatic rings. The van der Waals surface area contributed by atoms with Crippen LogP contribution in [-0.2, 0) is 0 Å². The highest BCUT2D eigenvalue weighted by atomic mass is 16.6. The fourth-order valence-corrected chi connectivity index (χ4v) is 4.07. The molecule has 0 amide bonds. The van der Waals surface area contributed by atoms with Gasteiger partial charge in [0.1, 0.15) is 22.4 Å². The topological polar surface area (TPSA) is 188 Å². The van der Waals surface area contributed by atoms with Crippen LogP contribution in [0.5, 0.6) is 0 Å². The molecular weight excluding hydrogens is 472 g/mol. The summed E-state index contributed by atoms with van der Waals surface area (Å²) in [6, 6.07) is 16.9. The van der Waals surface area contributed by atoms with E-state index in [-0.39, 0.29) is 44.8 Å². The van der Waals surface area contributed by atoms with Crippen molar-refractivity contribution in [3.8, 4) is 0 Å². The molecule has 2 N–H and O–H groups in total. The van der Waals surface area contributed by atoms with Crippen LogP contribution in [0.25, 0.3) is 32.8 Å². The van der Waals surface area contributed by atoms with Crippen LogP contribution in [0.3, 0.4) is 0 Å². The predicted molar refractivity (Wildman–Crippen MR) is 127 cm³/mol. The standard InChI is InChI=1S/C22H12N8O6/c31-29(32)21-17(9-7-15-19(21)27-35-25-15)23-13-5-1-3-11-12(13)4-2-6-14(11)24-18-10-8-16-20(28-36-26-16)22(18)30(33)34/h1-10,23-24H. The van der Waals surface area contributed by atoms with E-state index >= 15 is 0 Å². The van der Waals surface area contributed by atoms with Crippen molar-refractivity contribution in [2.75, 3.05) is 10.6 Å². The minimum Gasteiger partial charge on any atom is -0.349 e. The molecule has 2 heterocycles. The van der Waals surface area contributed by atoms with Crippen molar-refractivity contribution >= 4 is 67.0 Å². The molecule has 0 aliphatic carbocycles. The zero-order valence-corrected chi connectivity index (χ0v) is 17.9. The van der Waals surface area contributed by atoms with Crippen molar-refractivity contribution in [1.29, 1.82) is 0 Å². The van der Waals surface area contributed by atoms with Crippen LogP contribution >= 0.6 is 0 Å². The lowest BCUT2D eigenvalue weighted by atomic mass is 10.1. The van der Waals surface area contributed by atoms with Gasteiger partial charge in [-0.15, -0.1) is 0 Å². The molecule has 0 aliphatic heterocycles. The van der Waals surface area contributed by atoms with Crippen molar-refractivity contribution in [3.63, 3.8) is 0 Å². The smallest absolute Gasteiger partial charge is 0.323 e. The van der Waals surface area contributed by atoms with E-state index in [1.54, 1.807) is 36.4 Å². The third-order valence-corrected chi connectivity index (χ3v) is 5.63. The second-order valence-corrected chi connectivity index (χ2v) is 7.66. The lowest BCUT2D eigenvalue weighted by molar-refractivity contribution is -0.382. The Hall–Kier alpha value is -5.66. The lowest BCUT2D eigenvalue weighted by Crippen LogP contribution is -2.00. The zero-order valence-electron chi connectivity index (χ0n) is 17.9. The number of hydrogen-bond donors (Lipinski definition) is 2. The van der Waals surface area contributed by atoms with Gasteiger partial charge in [-0.1, -0.05) is 24.3 Å². The number of nitrogens with zero attached hydrogens (tertiary/aromatic N) is 6. The summed E-state index contributed by atoms with van der Waals surface area (Å²) in [5.41, 5.74) is 1.57. The molecule has 0 fully saturated rings. The largest absolute Gasteiger partial charge is 0.349 e. The van der Waals surface area contributed by atoms with E-state index in [0.717, 1.165) is 0 Å². The van der Waals surface area contributed by atoms with Gasteiger partial charge in [0.05, 0.1) is 9.85 Å². The second-order valence-electron chi connectivity index (χ2n) is 7.66. The van der Waals surface area contributed by atoms with Gasteiger partial charge in [-0.2, -0.15) is 0 Å². The van der Waals surface area contributed by atoms with Gasteiger partial charge in [-0.3, -0.25) is 20.2 Å². The average molecular weight is 484 g/mol. The van der Waals surface area contributed by atoms with Crippen LogP contribution in [0.4, 0.5) is 34.1 Å². The number of hydrogen-bond acceptors (Lipinski definition) is 12. The third kappa shape index (κ3) is 3.28. The van der Waals surface area contributed by atoms with Crippen molar-refractivity contribution in [2.45, 2.75) is 0 Å². The number of rotatable bonds is 6. The molecule has 0 unspecified atom stereocenters. The Balaban J connectivity index is 1.44. The van der Waals surface area contributed by atoms with Crippen LogP contribution in [-0.4, -0.2) is 30.5 Å². The van der Waals surface area contributed by atoms with Crippen LogP contribution in [0.1, 0.15) is 0 Å². The van der Waals surface area contributed by atoms with Gasteiger partial charge in [0.2, 0.25) is 11.0 Å². The molecule has 0 spiro atoms. The minimum absolute atomic E-state index is 0.0256. The first kappa shape index (κ1) is 20.9.